The summed E-state index contributed by atoms with van der Waals surface area (Å²) in [6.45, 7) is 3.58. The Morgan fingerprint density at radius 2 is 1.56 bits per heavy atom. The Balaban J connectivity index is 2.02. The number of amides is 1. The lowest BCUT2D eigenvalue weighted by molar-refractivity contribution is 0.0868. The summed E-state index contributed by atoms with van der Waals surface area (Å²) in [5.74, 6) is -0.0363. The third kappa shape index (κ3) is 4.45. The van der Waals surface area contributed by atoms with Crippen LogP contribution in [0.15, 0.2) is 48.5 Å². The summed E-state index contributed by atoms with van der Waals surface area (Å²) in [6, 6.07) is 15.0. The van der Waals surface area contributed by atoms with Crippen molar-refractivity contribution < 1.29 is 14.3 Å². The first-order chi connectivity index (χ1) is 12.0. The van der Waals surface area contributed by atoms with E-state index < -0.39 is 5.92 Å². The van der Waals surface area contributed by atoms with Crippen molar-refractivity contribution in [3.8, 4) is 11.8 Å². The van der Waals surface area contributed by atoms with Crippen LogP contribution in [-0.4, -0.2) is 24.8 Å². The van der Waals surface area contributed by atoms with Crippen LogP contribution >= 0.6 is 0 Å². The topological polar surface area (TPSA) is 79.2 Å². The second kappa shape index (κ2) is 8.11. The van der Waals surface area contributed by atoms with E-state index in [1.807, 2.05) is 6.07 Å². The van der Waals surface area contributed by atoms with Crippen LogP contribution < -0.4 is 10.1 Å². The first-order valence-electron chi connectivity index (χ1n) is 7.95. The molecule has 0 bridgehead atoms. The van der Waals surface area contributed by atoms with E-state index in [2.05, 4.69) is 5.32 Å². The minimum atomic E-state index is -0.393. The lowest BCUT2D eigenvalue weighted by Crippen LogP contribution is -2.40. The van der Waals surface area contributed by atoms with E-state index in [1.165, 1.54) is 0 Å². The van der Waals surface area contributed by atoms with Crippen LogP contribution in [0.5, 0.6) is 5.75 Å². The van der Waals surface area contributed by atoms with Gasteiger partial charge in [-0.05, 0) is 43.3 Å². The van der Waals surface area contributed by atoms with Crippen molar-refractivity contribution in [1.82, 2.24) is 5.32 Å². The summed E-state index contributed by atoms with van der Waals surface area (Å²) >= 11 is 0. The van der Waals surface area contributed by atoms with Crippen molar-refractivity contribution in [2.24, 2.45) is 5.92 Å². The fourth-order valence-electron chi connectivity index (χ4n) is 2.36. The van der Waals surface area contributed by atoms with Gasteiger partial charge >= 0.3 is 0 Å². The van der Waals surface area contributed by atoms with E-state index in [9.17, 15) is 9.59 Å². The van der Waals surface area contributed by atoms with Gasteiger partial charge in [0.1, 0.15) is 5.75 Å². The van der Waals surface area contributed by atoms with Gasteiger partial charge in [-0.25, -0.2) is 0 Å². The standard InChI is InChI=1S/C20H20N2O3/c1-13(19(23)16-6-4-15(12-21)5-7-16)14(2)22-20(24)17-8-10-18(25-3)11-9-17/h4-11,13-14H,1-3H3,(H,22,24). The van der Waals surface area contributed by atoms with Crippen LogP contribution in [0.2, 0.25) is 0 Å². The molecule has 2 aromatic rings. The summed E-state index contributed by atoms with van der Waals surface area (Å²) in [5, 5.41) is 11.7. The van der Waals surface area contributed by atoms with Crippen LogP contribution in [0.1, 0.15) is 40.1 Å². The van der Waals surface area contributed by atoms with Crippen molar-refractivity contribution >= 4 is 11.7 Å². The van der Waals surface area contributed by atoms with E-state index in [-0.39, 0.29) is 17.7 Å². The number of nitrogens with one attached hydrogen (secondary N) is 1. The fraction of sp³-hybridized carbons (Fsp3) is 0.250. The van der Waals surface area contributed by atoms with Crippen molar-refractivity contribution in [2.75, 3.05) is 7.11 Å². The predicted octanol–water partition coefficient (Wildman–Crippen LogP) is 3.20. The van der Waals surface area contributed by atoms with Crippen molar-refractivity contribution in [1.29, 1.82) is 5.26 Å². The van der Waals surface area contributed by atoms with Gasteiger partial charge < -0.3 is 10.1 Å². The first kappa shape index (κ1) is 18.2. The number of ketones is 1. The number of carbonyl (C=O) groups is 2. The van der Waals surface area contributed by atoms with E-state index in [1.54, 1.807) is 69.5 Å². The highest BCUT2D eigenvalue weighted by Crippen LogP contribution is 2.15. The quantitative estimate of drug-likeness (QED) is 0.822. The lowest BCUT2D eigenvalue weighted by atomic mass is 9.92. The summed E-state index contributed by atoms with van der Waals surface area (Å²) in [6.07, 6.45) is 0. The fourth-order valence-corrected chi connectivity index (χ4v) is 2.36. The van der Waals surface area contributed by atoms with Gasteiger partial charge in [0, 0.05) is 23.1 Å². The Bertz CT molecular complexity index is 789. The monoisotopic (exact) mass is 336 g/mol. The number of carbonyl (C=O) groups excluding carboxylic acids is 2. The smallest absolute Gasteiger partial charge is 0.251 e. The largest absolute Gasteiger partial charge is 0.497 e. The first-order valence-corrected chi connectivity index (χ1v) is 7.95. The summed E-state index contributed by atoms with van der Waals surface area (Å²) in [4.78, 5) is 24.8. The Kier molecular flexibility index (Phi) is 5.91. The molecule has 25 heavy (non-hydrogen) atoms. The van der Waals surface area contributed by atoms with Crippen LogP contribution in [-0.2, 0) is 0 Å². The molecule has 0 saturated heterocycles. The number of hydrogen-bond donors (Lipinski definition) is 1. The average molecular weight is 336 g/mol. The van der Waals surface area contributed by atoms with Crippen LogP contribution in [0.4, 0.5) is 0 Å². The number of nitrogens with zero attached hydrogens (tertiary/aromatic N) is 1. The molecule has 2 unspecified atom stereocenters. The molecule has 2 rings (SSSR count). The van der Waals surface area contributed by atoms with Crippen molar-refractivity contribution in [3.63, 3.8) is 0 Å². The maximum Gasteiger partial charge on any atom is 0.251 e. The molecule has 0 aliphatic heterocycles. The molecule has 5 heteroatoms. The normalized spacial score (nSPS) is 12.6. The molecule has 2 aromatic carbocycles. The van der Waals surface area contributed by atoms with E-state index in [0.29, 0.717) is 22.4 Å². The lowest BCUT2D eigenvalue weighted by Gasteiger charge is -2.20. The molecular weight excluding hydrogens is 316 g/mol. The minimum Gasteiger partial charge on any atom is -0.497 e. The zero-order valence-electron chi connectivity index (χ0n) is 14.4. The van der Waals surface area contributed by atoms with Crippen molar-refractivity contribution in [3.05, 3.63) is 65.2 Å². The molecule has 0 aliphatic rings. The number of rotatable bonds is 6. The number of nitriles is 1. The Hall–Kier alpha value is -3.13. The molecule has 128 valence electrons. The third-order valence-corrected chi connectivity index (χ3v) is 4.17. The van der Waals surface area contributed by atoms with Gasteiger partial charge in [-0.1, -0.05) is 19.1 Å². The van der Waals surface area contributed by atoms with Crippen LogP contribution in [0.25, 0.3) is 0 Å². The molecule has 1 N–H and O–H groups in total. The zero-order valence-corrected chi connectivity index (χ0v) is 14.4. The summed E-state index contributed by atoms with van der Waals surface area (Å²) in [7, 11) is 1.56. The molecule has 1 amide bonds. The second-order valence-corrected chi connectivity index (χ2v) is 5.83. The van der Waals surface area contributed by atoms with Crippen LogP contribution in [0, 0.1) is 17.2 Å². The number of benzene rings is 2. The van der Waals surface area contributed by atoms with Gasteiger partial charge in [-0.3, -0.25) is 9.59 Å². The second-order valence-electron chi connectivity index (χ2n) is 5.83. The van der Waals surface area contributed by atoms with Gasteiger partial charge in [-0.2, -0.15) is 5.26 Å². The molecule has 0 aliphatic carbocycles. The van der Waals surface area contributed by atoms with Gasteiger partial charge in [0.05, 0.1) is 18.7 Å². The van der Waals surface area contributed by atoms with Gasteiger partial charge in [0.15, 0.2) is 5.78 Å². The summed E-state index contributed by atoms with van der Waals surface area (Å²) < 4.78 is 5.07. The van der Waals surface area contributed by atoms with Crippen molar-refractivity contribution in [2.45, 2.75) is 19.9 Å². The number of ether oxygens (including phenoxy) is 1. The van der Waals surface area contributed by atoms with E-state index in [4.69, 9.17) is 10.00 Å². The Morgan fingerprint density at radius 1 is 1.00 bits per heavy atom. The highest BCUT2D eigenvalue weighted by molar-refractivity contribution is 5.99. The molecular formula is C20H20N2O3. The minimum absolute atomic E-state index is 0.0768. The third-order valence-electron chi connectivity index (χ3n) is 4.17. The summed E-state index contributed by atoms with van der Waals surface area (Å²) in [5.41, 5.74) is 1.53. The van der Waals surface area contributed by atoms with Gasteiger partial charge in [0.2, 0.25) is 0 Å². The molecule has 0 spiro atoms. The molecule has 0 saturated carbocycles. The Morgan fingerprint density at radius 3 is 2.08 bits per heavy atom. The molecule has 0 radical (unpaired) electrons. The maximum atomic E-state index is 12.5. The van der Waals surface area contributed by atoms with Gasteiger partial charge in [0.25, 0.3) is 5.91 Å². The highest BCUT2D eigenvalue weighted by Gasteiger charge is 2.23. The number of hydrogen-bond acceptors (Lipinski definition) is 4. The number of methoxy groups -OCH3 is 1. The zero-order chi connectivity index (χ0) is 18.4. The van der Waals surface area contributed by atoms with E-state index in [0.717, 1.165) is 0 Å². The number of Topliss-reactive ketones (excluding diaryl/α,β-unsaturated/α-hetero) is 1. The Labute approximate surface area is 147 Å². The molecule has 5 nitrogen and oxygen atoms in total. The predicted molar refractivity (Wildman–Crippen MR) is 94.6 cm³/mol. The molecule has 0 fully saturated rings. The highest BCUT2D eigenvalue weighted by atomic mass is 16.5. The van der Waals surface area contributed by atoms with E-state index >= 15 is 0 Å². The van der Waals surface area contributed by atoms with Gasteiger partial charge in [-0.15, -0.1) is 0 Å². The maximum absolute atomic E-state index is 12.5. The SMILES string of the molecule is COc1ccc(C(=O)NC(C)C(C)C(=O)c2ccc(C#N)cc2)cc1. The van der Waals surface area contributed by atoms with Crippen LogP contribution in [0.3, 0.4) is 0 Å². The molecule has 0 heterocycles. The average Bonchev–Trinajstić information content (AvgIpc) is 2.66. The molecule has 0 aromatic heterocycles. The molecule has 2 atom stereocenters.